The minimum absolute atomic E-state index is 0.102. The van der Waals surface area contributed by atoms with Gasteiger partial charge in [-0.3, -0.25) is 9.48 Å². The van der Waals surface area contributed by atoms with Gasteiger partial charge < -0.3 is 9.47 Å². The third-order valence-corrected chi connectivity index (χ3v) is 2.82. The molecule has 0 saturated heterocycles. The summed E-state index contributed by atoms with van der Waals surface area (Å²) in [5.74, 6) is 1.03. The first-order chi connectivity index (χ1) is 9.63. The average Bonchev–Trinajstić information content (AvgIpc) is 2.89. The van der Waals surface area contributed by atoms with Crippen molar-refractivity contribution in [2.45, 2.75) is 0 Å². The molecule has 0 unspecified atom stereocenters. The number of allylic oxidation sites excluding steroid dienone is 1. The van der Waals surface area contributed by atoms with Crippen LogP contribution >= 0.6 is 0 Å². The zero-order chi connectivity index (χ0) is 14.5. The van der Waals surface area contributed by atoms with Gasteiger partial charge in [0.15, 0.2) is 17.3 Å². The molecule has 0 amide bonds. The highest BCUT2D eigenvalue weighted by Crippen LogP contribution is 2.27. The Morgan fingerprint density at radius 3 is 2.60 bits per heavy atom. The number of aromatic nitrogens is 2. The highest BCUT2D eigenvalue weighted by atomic mass is 16.5. The molecule has 0 saturated carbocycles. The van der Waals surface area contributed by atoms with E-state index in [1.54, 1.807) is 42.3 Å². The first-order valence-corrected chi connectivity index (χ1v) is 6.07. The van der Waals surface area contributed by atoms with Crippen molar-refractivity contribution in [1.29, 1.82) is 0 Å². The van der Waals surface area contributed by atoms with Gasteiger partial charge in [-0.2, -0.15) is 5.10 Å². The van der Waals surface area contributed by atoms with E-state index in [-0.39, 0.29) is 5.78 Å². The lowest BCUT2D eigenvalue weighted by molar-refractivity contribution is 0.104. The topological polar surface area (TPSA) is 53.3 Å². The third-order valence-electron chi connectivity index (χ3n) is 2.82. The van der Waals surface area contributed by atoms with Gasteiger partial charge in [-0.1, -0.05) is 0 Å². The third kappa shape index (κ3) is 3.06. The fourth-order valence-electron chi connectivity index (χ4n) is 1.78. The van der Waals surface area contributed by atoms with E-state index in [1.807, 2.05) is 13.2 Å². The van der Waals surface area contributed by atoms with E-state index < -0.39 is 0 Å². The highest BCUT2D eigenvalue weighted by Gasteiger charge is 2.08. The number of rotatable bonds is 5. The Balaban J connectivity index is 2.19. The van der Waals surface area contributed by atoms with Gasteiger partial charge in [-0.05, 0) is 30.4 Å². The Hall–Kier alpha value is -2.56. The molecule has 0 bridgehead atoms. The molecule has 0 spiro atoms. The number of aryl methyl sites for hydroxylation is 1. The van der Waals surface area contributed by atoms with E-state index in [4.69, 9.17) is 9.47 Å². The van der Waals surface area contributed by atoms with Crippen LogP contribution < -0.4 is 9.47 Å². The molecule has 104 valence electrons. The molecule has 0 aliphatic carbocycles. The molecule has 5 nitrogen and oxygen atoms in total. The minimum Gasteiger partial charge on any atom is -0.493 e. The second kappa shape index (κ2) is 6.06. The number of benzene rings is 1. The summed E-state index contributed by atoms with van der Waals surface area (Å²) < 4.78 is 12.0. The smallest absolute Gasteiger partial charge is 0.185 e. The maximum atomic E-state index is 12.1. The SMILES string of the molecule is COc1ccc(C(=O)/C=C/c2cnn(C)c2)cc1OC. The number of carbonyl (C=O) groups excluding carboxylic acids is 1. The van der Waals surface area contributed by atoms with Crippen LogP contribution in [0, 0.1) is 0 Å². The second-order valence-corrected chi connectivity index (χ2v) is 4.21. The minimum atomic E-state index is -0.102. The highest BCUT2D eigenvalue weighted by molar-refractivity contribution is 6.07. The van der Waals surface area contributed by atoms with Crippen molar-refractivity contribution in [3.05, 3.63) is 47.8 Å². The average molecular weight is 272 g/mol. The van der Waals surface area contributed by atoms with Gasteiger partial charge in [-0.15, -0.1) is 0 Å². The molecule has 1 aromatic carbocycles. The summed E-state index contributed by atoms with van der Waals surface area (Å²) in [6, 6.07) is 5.08. The predicted octanol–water partition coefficient (Wildman–Crippen LogP) is 2.33. The first kappa shape index (κ1) is 13.9. The summed E-state index contributed by atoms with van der Waals surface area (Å²) >= 11 is 0. The van der Waals surface area contributed by atoms with E-state index in [0.717, 1.165) is 5.56 Å². The Bertz CT molecular complexity index is 644. The fourth-order valence-corrected chi connectivity index (χ4v) is 1.78. The van der Waals surface area contributed by atoms with E-state index in [2.05, 4.69) is 5.10 Å². The van der Waals surface area contributed by atoms with E-state index in [1.165, 1.54) is 13.2 Å². The summed E-state index contributed by atoms with van der Waals surface area (Å²) in [6.07, 6.45) is 6.76. The van der Waals surface area contributed by atoms with Crippen molar-refractivity contribution >= 4 is 11.9 Å². The van der Waals surface area contributed by atoms with Gasteiger partial charge in [0.25, 0.3) is 0 Å². The number of ketones is 1. The molecular weight excluding hydrogens is 256 g/mol. The molecule has 5 heteroatoms. The maximum Gasteiger partial charge on any atom is 0.185 e. The van der Waals surface area contributed by atoms with Crippen LogP contribution in [0.5, 0.6) is 11.5 Å². The van der Waals surface area contributed by atoms with Crippen LogP contribution in [0.15, 0.2) is 36.7 Å². The molecule has 0 fully saturated rings. The van der Waals surface area contributed by atoms with Gasteiger partial charge in [-0.25, -0.2) is 0 Å². The number of carbonyl (C=O) groups is 1. The number of methoxy groups -OCH3 is 2. The number of hydrogen-bond donors (Lipinski definition) is 0. The Morgan fingerprint density at radius 1 is 1.25 bits per heavy atom. The van der Waals surface area contributed by atoms with Crippen LogP contribution in [0.25, 0.3) is 6.08 Å². The molecule has 20 heavy (non-hydrogen) atoms. The van der Waals surface area contributed by atoms with Crippen LogP contribution in [-0.2, 0) is 7.05 Å². The Kier molecular flexibility index (Phi) is 4.20. The molecular formula is C15H16N2O3. The van der Waals surface area contributed by atoms with Gasteiger partial charge in [0.1, 0.15) is 0 Å². The molecule has 0 radical (unpaired) electrons. The molecule has 0 aliphatic heterocycles. The van der Waals surface area contributed by atoms with Crippen LogP contribution in [-0.4, -0.2) is 29.8 Å². The summed E-state index contributed by atoms with van der Waals surface area (Å²) in [5, 5.41) is 4.03. The molecule has 2 rings (SSSR count). The maximum absolute atomic E-state index is 12.1. The van der Waals surface area contributed by atoms with Crippen LogP contribution in [0.4, 0.5) is 0 Å². The fraction of sp³-hybridized carbons (Fsp3) is 0.200. The van der Waals surface area contributed by atoms with E-state index >= 15 is 0 Å². The lowest BCUT2D eigenvalue weighted by Gasteiger charge is -2.07. The molecule has 0 aliphatic rings. The molecule has 1 aromatic heterocycles. The zero-order valence-corrected chi connectivity index (χ0v) is 11.7. The quantitative estimate of drug-likeness (QED) is 0.619. The molecule has 0 atom stereocenters. The predicted molar refractivity (Wildman–Crippen MR) is 76.1 cm³/mol. The number of ether oxygens (including phenoxy) is 2. The van der Waals surface area contributed by atoms with Crippen molar-refractivity contribution in [3.8, 4) is 11.5 Å². The monoisotopic (exact) mass is 272 g/mol. The van der Waals surface area contributed by atoms with Crippen molar-refractivity contribution in [1.82, 2.24) is 9.78 Å². The molecule has 1 heterocycles. The van der Waals surface area contributed by atoms with Crippen molar-refractivity contribution in [2.75, 3.05) is 14.2 Å². The Morgan fingerprint density at radius 2 is 2.00 bits per heavy atom. The summed E-state index contributed by atoms with van der Waals surface area (Å²) in [6.45, 7) is 0. The van der Waals surface area contributed by atoms with Crippen LogP contribution in [0.1, 0.15) is 15.9 Å². The van der Waals surface area contributed by atoms with Crippen LogP contribution in [0.3, 0.4) is 0 Å². The van der Waals surface area contributed by atoms with Crippen molar-refractivity contribution < 1.29 is 14.3 Å². The normalized spacial score (nSPS) is 10.8. The summed E-state index contributed by atoms with van der Waals surface area (Å²) in [4.78, 5) is 12.1. The standard InChI is InChI=1S/C15H16N2O3/c1-17-10-11(9-16-17)4-6-13(18)12-5-7-14(19-2)15(8-12)20-3/h4-10H,1-3H3/b6-4+. The van der Waals surface area contributed by atoms with Gasteiger partial charge in [0.05, 0.1) is 20.4 Å². The first-order valence-electron chi connectivity index (χ1n) is 6.07. The largest absolute Gasteiger partial charge is 0.493 e. The second-order valence-electron chi connectivity index (χ2n) is 4.21. The van der Waals surface area contributed by atoms with Gasteiger partial charge in [0.2, 0.25) is 0 Å². The zero-order valence-electron chi connectivity index (χ0n) is 11.7. The Labute approximate surface area is 117 Å². The number of hydrogen-bond acceptors (Lipinski definition) is 4. The number of nitrogens with zero attached hydrogens (tertiary/aromatic N) is 2. The van der Waals surface area contributed by atoms with E-state index in [0.29, 0.717) is 17.1 Å². The van der Waals surface area contributed by atoms with Gasteiger partial charge >= 0.3 is 0 Å². The molecule has 2 aromatic rings. The summed E-state index contributed by atoms with van der Waals surface area (Å²) in [7, 11) is 4.92. The summed E-state index contributed by atoms with van der Waals surface area (Å²) in [5.41, 5.74) is 1.42. The van der Waals surface area contributed by atoms with Crippen LogP contribution in [0.2, 0.25) is 0 Å². The van der Waals surface area contributed by atoms with Gasteiger partial charge in [0, 0.05) is 24.4 Å². The van der Waals surface area contributed by atoms with Crippen molar-refractivity contribution in [2.24, 2.45) is 7.05 Å². The van der Waals surface area contributed by atoms with E-state index in [9.17, 15) is 4.79 Å². The van der Waals surface area contributed by atoms with Crippen molar-refractivity contribution in [3.63, 3.8) is 0 Å². The lowest BCUT2D eigenvalue weighted by Crippen LogP contribution is -1.97. The lowest BCUT2D eigenvalue weighted by atomic mass is 10.1. The molecule has 0 N–H and O–H groups in total.